The molecule has 1 saturated carbocycles. The molecule has 2 rings (SSSR count). The Kier molecular flexibility index (Phi) is 3.31. The number of hydrogen-bond donors (Lipinski definition) is 1. The van der Waals surface area contributed by atoms with E-state index in [2.05, 4.69) is 46.8 Å². The van der Waals surface area contributed by atoms with Crippen molar-refractivity contribution in [3.05, 3.63) is 34.4 Å². The second-order valence-electron chi connectivity index (χ2n) is 6.82. The lowest BCUT2D eigenvalue weighted by Gasteiger charge is -2.37. The van der Waals surface area contributed by atoms with E-state index in [1.54, 1.807) is 0 Å². The summed E-state index contributed by atoms with van der Waals surface area (Å²) in [5, 5.41) is 11.0. The topological polar surface area (TPSA) is 20.2 Å². The summed E-state index contributed by atoms with van der Waals surface area (Å²) in [5.74, 6) is 0. The van der Waals surface area contributed by atoms with Gasteiger partial charge in [-0.3, -0.25) is 0 Å². The first-order chi connectivity index (χ1) is 8.25. The normalized spacial score (nSPS) is 26.6. The molecule has 1 nitrogen and oxygen atoms in total. The SMILES string of the molecule is Cc1cc(C)c(CC2(O)CCCC2(C)C)c(C)c1. The maximum atomic E-state index is 11.0. The van der Waals surface area contributed by atoms with E-state index in [-0.39, 0.29) is 5.41 Å². The molecule has 1 unspecified atom stereocenters. The predicted octanol–water partition coefficient (Wildman–Crippen LogP) is 4.10. The van der Waals surface area contributed by atoms with Crippen LogP contribution in [0.3, 0.4) is 0 Å². The summed E-state index contributed by atoms with van der Waals surface area (Å²) in [5.41, 5.74) is 4.81. The van der Waals surface area contributed by atoms with E-state index in [4.69, 9.17) is 0 Å². The Labute approximate surface area is 111 Å². The van der Waals surface area contributed by atoms with Gasteiger partial charge in [0.15, 0.2) is 0 Å². The molecule has 1 atom stereocenters. The molecule has 1 aliphatic carbocycles. The Hall–Kier alpha value is -0.820. The lowest BCUT2D eigenvalue weighted by molar-refractivity contribution is -0.0421. The number of aliphatic hydroxyl groups is 1. The lowest BCUT2D eigenvalue weighted by atomic mass is 9.73. The zero-order chi connectivity index (χ0) is 13.6. The van der Waals surface area contributed by atoms with Crippen LogP contribution >= 0.6 is 0 Å². The van der Waals surface area contributed by atoms with Gasteiger partial charge in [0, 0.05) is 6.42 Å². The van der Waals surface area contributed by atoms with Gasteiger partial charge in [0.2, 0.25) is 0 Å². The van der Waals surface area contributed by atoms with Crippen molar-refractivity contribution in [2.45, 2.75) is 65.9 Å². The van der Waals surface area contributed by atoms with Crippen molar-refractivity contribution < 1.29 is 5.11 Å². The maximum absolute atomic E-state index is 11.0. The van der Waals surface area contributed by atoms with Gasteiger partial charge in [-0.25, -0.2) is 0 Å². The van der Waals surface area contributed by atoms with Crippen LogP contribution in [0.1, 0.15) is 55.4 Å². The molecule has 18 heavy (non-hydrogen) atoms. The van der Waals surface area contributed by atoms with Crippen molar-refractivity contribution >= 4 is 0 Å². The smallest absolute Gasteiger partial charge is 0.0738 e. The summed E-state index contributed by atoms with van der Waals surface area (Å²) >= 11 is 0. The van der Waals surface area contributed by atoms with Crippen LogP contribution < -0.4 is 0 Å². The van der Waals surface area contributed by atoms with Crippen LogP contribution in [0.2, 0.25) is 0 Å². The van der Waals surface area contributed by atoms with Gasteiger partial charge >= 0.3 is 0 Å². The molecule has 1 aromatic rings. The first-order valence-corrected chi connectivity index (χ1v) is 7.04. The molecule has 1 fully saturated rings. The fraction of sp³-hybridized carbons (Fsp3) is 0.647. The highest BCUT2D eigenvalue weighted by Crippen LogP contribution is 2.48. The molecule has 0 saturated heterocycles. The molecule has 1 aromatic carbocycles. The van der Waals surface area contributed by atoms with Crippen LogP contribution in [-0.2, 0) is 6.42 Å². The first kappa shape index (κ1) is 13.6. The van der Waals surface area contributed by atoms with E-state index in [1.165, 1.54) is 22.3 Å². The molecule has 0 aromatic heterocycles. The number of hydrogen-bond acceptors (Lipinski definition) is 1. The van der Waals surface area contributed by atoms with E-state index < -0.39 is 5.60 Å². The Morgan fingerprint density at radius 2 is 1.61 bits per heavy atom. The third-order valence-electron chi connectivity index (χ3n) is 4.96. The highest BCUT2D eigenvalue weighted by Gasteiger charge is 2.47. The standard InChI is InChI=1S/C17H26O/c1-12-9-13(2)15(14(3)10-12)11-17(18)8-6-7-16(17,4)5/h9-10,18H,6-8,11H2,1-5H3. The summed E-state index contributed by atoms with van der Waals surface area (Å²) in [6.45, 7) is 10.9. The summed E-state index contributed by atoms with van der Waals surface area (Å²) in [6.07, 6.45) is 4.02. The second kappa shape index (κ2) is 4.38. The minimum atomic E-state index is -0.530. The van der Waals surface area contributed by atoms with Gasteiger partial charge < -0.3 is 5.11 Å². The van der Waals surface area contributed by atoms with E-state index in [0.29, 0.717) is 0 Å². The molecular formula is C17H26O. The largest absolute Gasteiger partial charge is 0.389 e. The van der Waals surface area contributed by atoms with Crippen LogP contribution in [0, 0.1) is 26.2 Å². The molecule has 0 amide bonds. The van der Waals surface area contributed by atoms with Gasteiger partial charge in [0.1, 0.15) is 0 Å². The molecule has 0 aliphatic heterocycles. The van der Waals surface area contributed by atoms with Gasteiger partial charge in [0.05, 0.1) is 5.60 Å². The quantitative estimate of drug-likeness (QED) is 0.833. The second-order valence-corrected chi connectivity index (χ2v) is 6.82. The molecular weight excluding hydrogens is 220 g/mol. The zero-order valence-electron chi connectivity index (χ0n) is 12.4. The van der Waals surface area contributed by atoms with E-state index in [0.717, 1.165) is 25.7 Å². The maximum Gasteiger partial charge on any atom is 0.0738 e. The number of benzene rings is 1. The van der Waals surface area contributed by atoms with Crippen LogP contribution in [0.25, 0.3) is 0 Å². The Morgan fingerprint density at radius 1 is 1.06 bits per heavy atom. The van der Waals surface area contributed by atoms with Crippen LogP contribution in [0.4, 0.5) is 0 Å². The molecule has 0 radical (unpaired) electrons. The number of rotatable bonds is 2. The molecule has 1 N–H and O–H groups in total. The van der Waals surface area contributed by atoms with Crippen molar-refractivity contribution in [2.24, 2.45) is 5.41 Å². The summed E-state index contributed by atoms with van der Waals surface area (Å²) in [7, 11) is 0. The zero-order valence-corrected chi connectivity index (χ0v) is 12.4. The van der Waals surface area contributed by atoms with Crippen molar-refractivity contribution in [2.75, 3.05) is 0 Å². The van der Waals surface area contributed by atoms with Gasteiger partial charge in [0.25, 0.3) is 0 Å². The van der Waals surface area contributed by atoms with Gasteiger partial charge in [-0.1, -0.05) is 31.5 Å². The molecule has 0 heterocycles. The third-order valence-corrected chi connectivity index (χ3v) is 4.96. The molecule has 0 bridgehead atoms. The molecule has 1 aliphatic rings. The van der Waals surface area contributed by atoms with Crippen molar-refractivity contribution in [3.63, 3.8) is 0 Å². The summed E-state index contributed by atoms with van der Waals surface area (Å²) in [6, 6.07) is 4.46. The molecule has 100 valence electrons. The summed E-state index contributed by atoms with van der Waals surface area (Å²) in [4.78, 5) is 0. The van der Waals surface area contributed by atoms with Crippen LogP contribution in [-0.4, -0.2) is 10.7 Å². The van der Waals surface area contributed by atoms with Gasteiger partial charge in [-0.15, -0.1) is 0 Å². The highest BCUT2D eigenvalue weighted by molar-refractivity contribution is 5.38. The minimum absolute atomic E-state index is 0.0385. The average Bonchev–Trinajstić information content (AvgIpc) is 2.48. The fourth-order valence-electron chi connectivity index (χ4n) is 3.50. The minimum Gasteiger partial charge on any atom is -0.389 e. The molecule has 1 heteroatoms. The van der Waals surface area contributed by atoms with Crippen LogP contribution in [0.5, 0.6) is 0 Å². The highest BCUT2D eigenvalue weighted by atomic mass is 16.3. The summed E-state index contributed by atoms with van der Waals surface area (Å²) < 4.78 is 0. The average molecular weight is 246 g/mol. The van der Waals surface area contributed by atoms with Crippen molar-refractivity contribution in [1.82, 2.24) is 0 Å². The monoisotopic (exact) mass is 246 g/mol. The lowest BCUT2D eigenvalue weighted by Crippen LogP contribution is -2.42. The fourth-order valence-corrected chi connectivity index (χ4v) is 3.50. The van der Waals surface area contributed by atoms with E-state index in [9.17, 15) is 5.11 Å². The Morgan fingerprint density at radius 3 is 2.06 bits per heavy atom. The Balaban J connectivity index is 2.35. The van der Waals surface area contributed by atoms with Gasteiger partial charge in [-0.2, -0.15) is 0 Å². The van der Waals surface area contributed by atoms with Crippen molar-refractivity contribution in [1.29, 1.82) is 0 Å². The van der Waals surface area contributed by atoms with Gasteiger partial charge in [-0.05, 0) is 62.1 Å². The predicted molar refractivity (Wildman–Crippen MR) is 76.9 cm³/mol. The first-order valence-electron chi connectivity index (χ1n) is 7.04. The van der Waals surface area contributed by atoms with E-state index in [1.807, 2.05) is 0 Å². The number of aryl methyl sites for hydroxylation is 3. The molecule has 0 spiro atoms. The Bertz CT molecular complexity index is 436. The van der Waals surface area contributed by atoms with Crippen LogP contribution in [0.15, 0.2) is 12.1 Å². The van der Waals surface area contributed by atoms with E-state index >= 15 is 0 Å². The third kappa shape index (κ3) is 2.21. The van der Waals surface area contributed by atoms with Crippen molar-refractivity contribution in [3.8, 4) is 0 Å².